The lowest BCUT2D eigenvalue weighted by atomic mass is 9.90. The van der Waals surface area contributed by atoms with Crippen molar-refractivity contribution in [3.63, 3.8) is 0 Å². The van der Waals surface area contributed by atoms with Crippen LogP contribution in [-0.2, 0) is 4.79 Å². The number of carbonyl (C=O) groups excluding carboxylic acids is 1. The van der Waals surface area contributed by atoms with E-state index in [0.29, 0.717) is 17.3 Å². The van der Waals surface area contributed by atoms with Crippen LogP contribution in [-0.4, -0.2) is 22.5 Å². The van der Waals surface area contributed by atoms with Crippen molar-refractivity contribution in [1.29, 1.82) is 0 Å². The zero-order chi connectivity index (χ0) is 15.5. The molecule has 1 aromatic carbocycles. The Bertz CT molecular complexity index is 554. The van der Waals surface area contributed by atoms with Gasteiger partial charge in [0, 0.05) is 4.47 Å². The van der Waals surface area contributed by atoms with Gasteiger partial charge in [0.15, 0.2) is 0 Å². The van der Waals surface area contributed by atoms with Crippen LogP contribution in [0.3, 0.4) is 0 Å². The molecule has 0 saturated heterocycles. The molecule has 0 atom stereocenters. The van der Waals surface area contributed by atoms with Crippen molar-refractivity contribution in [3.05, 3.63) is 34.1 Å². The maximum atomic E-state index is 13.8. The molecular formula is C15H17BrFNO3. The summed E-state index contributed by atoms with van der Waals surface area (Å²) in [5.74, 6) is -2.39. The van der Waals surface area contributed by atoms with Gasteiger partial charge in [0.1, 0.15) is 11.4 Å². The van der Waals surface area contributed by atoms with Gasteiger partial charge in [-0.1, -0.05) is 41.6 Å². The molecular weight excluding hydrogens is 341 g/mol. The highest BCUT2D eigenvalue weighted by Gasteiger charge is 2.40. The molecule has 0 heterocycles. The fourth-order valence-corrected chi connectivity index (χ4v) is 3.02. The molecule has 4 nitrogen and oxygen atoms in total. The third-order valence-electron chi connectivity index (χ3n) is 3.90. The second-order valence-electron chi connectivity index (χ2n) is 5.38. The molecule has 2 rings (SSSR count). The van der Waals surface area contributed by atoms with E-state index in [1.807, 2.05) is 0 Å². The number of amides is 1. The number of carbonyl (C=O) groups is 2. The Balaban J connectivity index is 2.24. The van der Waals surface area contributed by atoms with Crippen molar-refractivity contribution in [3.8, 4) is 0 Å². The predicted octanol–water partition coefficient (Wildman–Crippen LogP) is 3.50. The Morgan fingerprint density at radius 1 is 1.19 bits per heavy atom. The molecule has 2 N–H and O–H groups in total. The fourth-order valence-electron chi connectivity index (χ4n) is 2.68. The van der Waals surface area contributed by atoms with Gasteiger partial charge in [-0.15, -0.1) is 0 Å². The lowest BCUT2D eigenvalue weighted by molar-refractivity contribution is -0.145. The molecule has 1 aromatic rings. The second-order valence-corrected chi connectivity index (χ2v) is 6.30. The molecule has 0 unspecified atom stereocenters. The lowest BCUT2D eigenvalue weighted by Gasteiger charge is -2.29. The Morgan fingerprint density at radius 2 is 1.81 bits per heavy atom. The molecule has 0 aromatic heterocycles. The van der Waals surface area contributed by atoms with Gasteiger partial charge in [0.25, 0.3) is 5.91 Å². The van der Waals surface area contributed by atoms with Crippen LogP contribution >= 0.6 is 15.9 Å². The molecule has 1 aliphatic rings. The van der Waals surface area contributed by atoms with E-state index in [-0.39, 0.29) is 5.56 Å². The summed E-state index contributed by atoms with van der Waals surface area (Å²) in [7, 11) is 0. The SMILES string of the molecule is O=C(NC1(C(=O)O)CCCCCC1)c1ccc(Br)cc1F. The standard InChI is InChI=1S/C15H17BrFNO3/c16-10-5-6-11(12(17)9-10)13(19)18-15(14(20)21)7-3-1-2-4-8-15/h5-6,9H,1-4,7-8H2,(H,18,19)(H,20,21). The predicted molar refractivity (Wildman–Crippen MR) is 79.6 cm³/mol. The summed E-state index contributed by atoms with van der Waals surface area (Å²) in [6, 6.07) is 4.09. The lowest BCUT2D eigenvalue weighted by Crippen LogP contribution is -2.54. The van der Waals surface area contributed by atoms with Crippen LogP contribution in [0.2, 0.25) is 0 Å². The number of hydrogen-bond acceptors (Lipinski definition) is 2. The van der Waals surface area contributed by atoms with Crippen LogP contribution in [0.25, 0.3) is 0 Å². The molecule has 1 aliphatic carbocycles. The quantitative estimate of drug-likeness (QED) is 0.813. The van der Waals surface area contributed by atoms with E-state index in [1.165, 1.54) is 12.1 Å². The minimum absolute atomic E-state index is 0.136. The summed E-state index contributed by atoms with van der Waals surface area (Å²) in [6.07, 6.45) is 4.17. The van der Waals surface area contributed by atoms with Gasteiger partial charge in [-0.3, -0.25) is 4.79 Å². The summed E-state index contributed by atoms with van der Waals surface area (Å²) >= 11 is 3.12. The topological polar surface area (TPSA) is 66.4 Å². The molecule has 1 fully saturated rings. The third kappa shape index (κ3) is 3.61. The highest BCUT2D eigenvalue weighted by molar-refractivity contribution is 9.10. The van der Waals surface area contributed by atoms with Crippen LogP contribution in [0.4, 0.5) is 4.39 Å². The first-order valence-electron chi connectivity index (χ1n) is 6.95. The minimum Gasteiger partial charge on any atom is -0.480 e. The molecule has 0 spiro atoms. The summed E-state index contributed by atoms with van der Waals surface area (Å²) in [6.45, 7) is 0. The zero-order valence-corrected chi connectivity index (χ0v) is 13.1. The van der Waals surface area contributed by atoms with Gasteiger partial charge in [0.05, 0.1) is 5.56 Å². The van der Waals surface area contributed by atoms with E-state index in [4.69, 9.17) is 0 Å². The average molecular weight is 358 g/mol. The molecule has 1 saturated carbocycles. The molecule has 6 heteroatoms. The molecule has 0 radical (unpaired) electrons. The first kappa shape index (κ1) is 15.9. The van der Waals surface area contributed by atoms with Crippen LogP contribution in [0.5, 0.6) is 0 Å². The van der Waals surface area contributed by atoms with E-state index in [2.05, 4.69) is 21.2 Å². The third-order valence-corrected chi connectivity index (χ3v) is 4.39. The first-order valence-corrected chi connectivity index (χ1v) is 7.75. The largest absolute Gasteiger partial charge is 0.480 e. The van der Waals surface area contributed by atoms with Crippen molar-refractivity contribution in [2.75, 3.05) is 0 Å². The van der Waals surface area contributed by atoms with E-state index < -0.39 is 23.2 Å². The van der Waals surface area contributed by atoms with Crippen LogP contribution < -0.4 is 5.32 Å². The fraction of sp³-hybridized carbons (Fsp3) is 0.467. The minimum atomic E-state index is -1.28. The van der Waals surface area contributed by atoms with Gasteiger partial charge in [-0.2, -0.15) is 0 Å². The first-order chi connectivity index (χ1) is 9.94. The van der Waals surface area contributed by atoms with E-state index in [9.17, 15) is 19.1 Å². The number of halogens is 2. The van der Waals surface area contributed by atoms with Crippen molar-refractivity contribution >= 4 is 27.8 Å². The normalized spacial score (nSPS) is 17.8. The highest BCUT2D eigenvalue weighted by Crippen LogP contribution is 2.28. The number of nitrogens with one attached hydrogen (secondary N) is 1. The second kappa shape index (κ2) is 6.56. The van der Waals surface area contributed by atoms with E-state index in [1.54, 1.807) is 6.07 Å². The number of benzene rings is 1. The molecule has 114 valence electrons. The Labute approximate surface area is 130 Å². The van der Waals surface area contributed by atoms with E-state index >= 15 is 0 Å². The number of aliphatic carboxylic acids is 1. The van der Waals surface area contributed by atoms with Gasteiger partial charge >= 0.3 is 5.97 Å². The summed E-state index contributed by atoms with van der Waals surface area (Å²) in [5.41, 5.74) is -1.42. The van der Waals surface area contributed by atoms with Gasteiger partial charge in [-0.25, -0.2) is 9.18 Å². The average Bonchev–Trinajstić information content (AvgIpc) is 2.65. The summed E-state index contributed by atoms with van der Waals surface area (Å²) < 4.78 is 14.3. The highest BCUT2D eigenvalue weighted by atomic mass is 79.9. The maximum Gasteiger partial charge on any atom is 0.329 e. The Morgan fingerprint density at radius 3 is 2.33 bits per heavy atom. The van der Waals surface area contributed by atoms with Crippen molar-refractivity contribution in [1.82, 2.24) is 5.32 Å². The summed E-state index contributed by atoms with van der Waals surface area (Å²) in [5, 5.41) is 12.1. The molecule has 21 heavy (non-hydrogen) atoms. The van der Waals surface area contributed by atoms with Crippen molar-refractivity contribution in [2.24, 2.45) is 0 Å². The van der Waals surface area contributed by atoms with Crippen LogP contribution in [0, 0.1) is 5.82 Å². The van der Waals surface area contributed by atoms with Crippen LogP contribution in [0.1, 0.15) is 48.9 Å². The van der Waals surface area contributed by atoms with Crippen molar-refractivity contribution < 1.29 is 19.1 Å². The maximum absolute atomic E-state index is 13.8. The molecule has 0 aliphatic heterocycles. The smallest absolute Gasteiger partial charge is 0.329 e. The van der Waals surface area contributed by atoms with Crippen molar-refractivity contribution in [2.45, 2.75) is 44.1 Å². The van der Waals surface area contributed by atoms with Crippen LogP contribution in [0.15, 0.2) is 22.7 Å². The molecule has 1 amide bonds. The Kier molecular flexibility index (Phi) is 4.98. The summed E-state index contributed by atoms with van der Waals surface area (Å²) in [4.78, 5) is 23.9. The van der Waals surface area contributed by atoms with Gasteiger partial charge in [0.2, 0.25) is 0 Å². The Hall–Kier alpha value is -1.43. The zero-order valence-electron chi connectivity index (χ0n) is 11.5. The van der Waals surface area contributed by atoms with E-state index in [0.717, 1.165) is 25.7 Å². The van der Waals surface area contributed by atoms with Gasteiger partial charge < -0.3 is 10.4 Å². The molecule has 0 bridgehead atoms. The van der Waals surface area contributed by atoms with Gasteiger partial charge in [-0.05, 0) is 31.0 Å². The monoisotopic (exact) mass is 357 g/mol. The number of carboxylic acid groups (broad SMARTS) is 1. The number of carboxylic acids is 1. The number of hydrogen-bond donors (Lipinski definition) is 2. The number of rotatable bonds is 3.